The van der Waals surface area contributed by atoms with Crippen LogP contribution in [-0.2, 0) is 14.7 Å². The van der Waals surface area contributed by atoms with Gasteiger partial charge in [0.2, 0.25) is 0 Å². The summed E-state index contributed by atoms with van der Waals surface area (Å²) in [6.07, 6.45) is 1.69. The molecular formula is C18H27BFNO2. The smallest absolute Gasteiger partial charge is 0.399 e. The van der Waals surface area contributed by atoms with Gasteiger partial charge < -0.3 is 14.6 Å². The lowest BCUT2D eigenvalue weighted by atomic mass is 9.72. The van der Waals surface area contributed by atoms with Gasteiger partial charge in [-0.05, 0) is 64.7 Å². The third-order valence-electron chi connectivity index (χ3n) is 5.86. The number of nitrogens with one attached hydrogen (secondary N) is 1. The Balaban J connectivity index is 1.80. The predicted octanol–water partition coefficient (Wildman–Crippen LogP) is 2.58. The van der Waals surface area contributed by atoms with Gasteiger partial charge in [-0.25, -0.2) is 0 Å². The minimum absolute atomic E-state index is 0.301. The van der Waals surface area contributed by atoms with Gasteiger partial charge in [0.15, 0.2) is 0 Å². The Hall–Kier alpha value is -0.905. The molecule has 1 aromatic carbocycles. The molecule has 2 saturated heterocycles. The molecule has 0 bridgehead atoms. The number of alkyl halides is 1. The first-order valence-electron chi connectivity index (χ1n) is 8.52. The van der Waals surface area contributed by atoms with Crippen molar-refractivity contribution in [3.63, 3.8) is 0 Å². The molecule has 0 saturated carbocycles. The minimum atomic E-state index is -0.358. The minimum Gasteiger partial charge on any atom is -0.399 e. The molecule has 0 radical (unpaired) electrons. The standard InChI is InChI=1S/C18H27BFNO2/c1-16(2)17(3,4)23-19(22-16)15-7-5-14(6-8-15)18(13-20)9-11-21-12-10-18/h5-8,21H,9-13H2,1-4H3. The maximum atomic E-state index is 13.7. The Bertz CT molecular complexity index is 537. The van der Waals surface area contributed by atoms with E-state index in [0.717, 1.165) is 37.0 Å². The Morgan fingerprint density at radius 2 is 1.52 bits per heavy atom. The third-order valence-corrected chi connectivity index (χ3v) is 5.86. The predicted molar refractivity (Wildman–Crippen MR) is 91.9 cm³/mol. The Morgan fingerprint density at radius 3 is 2.00 bits per heavy atom. The number of hydrogen-bond acceptors (Lipinski definition) is 3. The van der Waals surface area contributed by atoms with Crippen molar-refractivity contribution in [1.29, 1.82) is 0 Å². The zero-order valence-electron chi connectivity index (χ0n) is 14.6. The molecular weight excluding hydrogens is 292 g/mol. The fourth-order valence-electron chi connectivity index (χ4n) is 3.38. The molecule has 3 rings (SSSR count). The highest BCUT2D eigenvalue weighted by molar-refractivity contribution is 6.62. The summed E-state index contributed by atoms with van der Waals surface area (Å²) >= 11 is 0. The zero-order chi connectivity index (χ0) is 16.7. The van der Waals surface area contributed by atoms with Crippen molar-refractivity contribution in [3.8, 4) is 0 Å². The van der Waals surface area contributed by atoms with Gasteiger partial charge in [-0.15, -0.1) is 0 Å². The molecule has 2 heterocycles. The molecule has 2 aliphatic rings. The van der Waals surface area contributed by atoms with Crippen LogP contribution in [0.25, 0.3) is 0 Å². The second kappa shape index (κ2) is 5.87. The van der Waals surface area contributed by atoms with Gasteiger partial charge >= 0.3 is 7.12 Å². The molecule has 0 unspecified atom stereocenters. The van der Waals surface area contributed by atoms with E-state index < -0.39 is 0 Å². The van der Waals surface area contributed by atoms with E-state index in [1.165, 1.54) is 0 Å². The molecule has 1 aromatic rings. The van der Waals surface area contributed by atoms with Gasteiger partial charge in [0.25, 0.3) is 0 Å². The summed E-state index contributed by atoms with van der Waals surface area (Å²) in [4.78, 5) is 0. The fraction of sp³-hybridized carbons (Fsp3) is 0.667. The van der Waals surface area contributed by atoms with E-state index in [-0.39, 0.29) is 30.4 Å². The zero-order valence-corrected chi connectivity index (χ0v) is 14.6. The molecule has 0 spiro atoms. The monoisotopic (exact) mass is 319 g/mol. The van der Waals surface area contributed by atoms with E-state index in [0.29, 0.717) is 0 Å². The molecule has 23 heavy (non-hydrogen) atoms. The lowest BCUT2D eigenvalue weighted by Gasteiger charge is -2.35. The third kappa shape index (κ3) is 2.95. The van der Waals surface area contributed by atoms with Gasteiger partial charge in [-0.2, -0.15) is 0 Å². The molecule has 0 aliphatic carbocycles. The van der Waals surface area contributed by atoms with Crippen LogP contribution < -0.4 is 10.8 Å². The number of piperidine rings is 1. The van der Waals surface area contributed by atoms with Crippen LogP contribution in [0.2, 0.25) is 0 Å². The summed E-state index contributed by atoms with van der Waals surface area (Å²) in [7, 11) is -0.358. The Labute approximate surface area is 139 Å². The van der Waals surface area contributed by atoms with Crippen LogP contribution in [0.4, 0.5) is 4.39 Å². The number of halogens is 1. The molecule has 5 heteroatoms. The van der Waals surface area contributed by atoms with Crippen LogP contribution in [-0.4, -0.2) is 38.1 Å². The summed E-state index contributed by atoms with van der Waals surface area (Å²) < 4.78 is 25.9. The van der Waals surface area contributed by atoms with Gasteiger partial charge in [0.05, 0.1) is 17.9 Å². The quantitative estimate of drug-likeness (QED) is 0.869. The first-order valence-corrected chi connectivity index (χ1v) is 8.52. The van der Waals surface area contributed by atoms with E-state index in [1.54, 1.807) is 0 Å². The molecule has 2 aliphatic heterocycles. The first-order chi connectivity index (χ1) is 10.8. The molecule has 0 atom stereocenters. The van der Waals surface area contributed by atoms with Crippen LogP contribution in [0.3, 0.4) is 0 Å². The van der Waals surface area contributed by atoms with E-state index in [9.17, 15) is 4.39 Å². The van der Waals surface area contributed by atoms with Crippen LogP contribution in [0.5, 0.6) is 0 Å². The lowest BCUT2D eigenvalue weighted by Crippen LogP contribution is -2.42. The van der Waals surface area contributed by atoms with Gasteiger partial charge in [-0.3, -0.25) is 4.39 Å². The van der Waals surface area contributed by atoms with Crippen LogP contribution >= 0.6 is 0 Å². The van der Waals surface area contributed by atoms with Crippen LogP contribution in [0.15, 0.2) is 24.3 Å². The molecule has 0 aromatic heterocycles. The van der Waals surface area contributed by atoms with Gasteiger partial charge in [-0.1, -0.05) is 24.3 Å². The van der Waals surface area contributed by atoms with Crippen molar-refractivity contribution in [3.05, 3.63) is 29.8 Å². The van der Waals surface area contributed by atoms with E-state index in [1.807, 2.05) is 24.3 Å². The average Bonchev–Trinajstić information content (AvgIpc) is 2.76. The summed E-state index contributed by atoms with van der Waals surface area (Å²) in [6, 6.07) is 8.14. The van der Waals surface area contributed by atoms with E-state index >= 15 is 0 Å². The molecule has 0 amide bonds. The fourth-order valence-corrected chi connectivity index (χ4v) is 3.38. The highest BCUT2D eigenvalue weighted by Crippen LogP contribution is 2.37. The summed E-state index contributed by atoms with van der Waals surface area (Å²) in [6.45, 7) is 9.66. The maximum absolute atomic E-state index is 13.7. The average molecular weight is 319 g/mol. The van der Waals surface area contributed by atoms with Gasteiger partial charge in [0, 0.05) is 5.41 Å². The highest BCUT2D eigenvalue weighted by atomic mass is 19.1. The normalized spacial score (nSPS) is 25.5. The molecule has 1 N–H and O–H groups in total. The number of rotatable bonds is 3. The number of hydrogen-bond donors (Lipinski definition) is 1. The van der Waals surface area contributed by atoms with Crippen LogP contribution in [0.1, 0.15) is 46.1 Å². The SMILES string of the molecule is CC1(C)OB(c2ccc(C3(CF)CCNCC3)cc2)OC1(C)C. The first kappa shape index (κ1) is 16.9. The van der Waals surface area contributed by atoms with Crippen molar-refractivity contribution in [2.75, 3.05) is 19.8 Å². The number of benzene rings is 1. The van der Waals surface area contributed by atoms with E-state index in [4.69, 9.17) is 9.31 Å². The van der Waals surface area contributed by atoms with Crippen molar-refractivity contribution < 1.29 is 13.7 Å². The van der Waals surface area contributed by atoms with E-state index in [2.05, 4.69) is 33.0 Å². The topological polar surface area (TPSA) is 30.5 Å². The molecule has 126 valence electrons. The maximum Gasteiger partial charge on any atom is 0.494 e. The Morgan fingerprint density at radius 1 is 1.00 bits per heavy atom. The van der Waals surface area contributed by atoms with Crippen molar-refractivity contribution in [1.82, 2.24) is 5.32 Å². The molecule has 2 fully saturated rings. The largest absolute Gasteiger partial charge is 0.494 e. The van der Waals surface area contributed by atoms with Gasteiger partial charge in [0.1, 0.15) is 0 Å². The lowest BCUT2D eigenvalue weighted by molar-refractivity contribution is 0.00578. The van der Waals surface area contributed by atoms with Crippen molar-refractivity contribution in [2.24, 2.45) is 0 Å². The second-order valence-electron chi connectivity index (χ2n) is 7.87. The Kier molecular flexibility index (Phi) is 4.32. The summed E-state index contributed by atoms with van der Waals surface area (Å²) in [5.41, 5.74) is 1.06. The molecule has 3 nitrogen and oxygen atoms in total. The van der Waals surface area contributed by atoms with Crippen LogP contribution in [0, 0.1) is 0 Å². The summed E-state index contributed by atoms with van der Waals surface area (Å²) in [5, 5.41) is 3.31. The summed E-state index contributed by atoms with van der Waals surface area (Å²) in [5.74, 6) is 0. The van der Waals surface area contributed by atoms with Crippen molar-refractivity contribution >= 4 is 12.6 Å². The second-order valence-corrected chi connectivity index (χ2v) is 7.87. The van der Waals surface area contributed by atoms with Crippen molar-refractivity contribution in [2.45, 2.75) is 57.2 Å². The highest BCUT2D eigenvalue weighted by Gasteiger charge is 2.51.